The lowest BCUT2D eigenvalue weighted by atomic mass is 10.1. The monoisotopic (exact) mass is 507 g/mol. The van der Waals surface area contributed by atoms with E-state index in [2.05, 4.69) is 15.2 Å². The van der Waals surface area contributed by atoms with Crippen LogP contribution in [0.25, 0.3) is 11.1 Å². The molecule has 2 aromatic heterocycles. The minimum Gasteiger partial charge on any atom is -0.453 e. The molecule has 2 aromatic carbocycles. The minimum atomic E-state index is -4.45. The van der Waals surface area contributed by atoms with Gasteiger partial charge in [0.1, 0.15) is 5.75 Å². The zero-order valence-electron chi connectivity index (χ0n) is 20.2. The van der Waals surface area contributed by atoms with Gasteiger partial charge >= 0.3 is 6.18 Å². The lowest BCUT2D eigenvalue weighted by Crippen LogP contribution is -2.30. The minimum absolute atomic E-state index is 0.122. The van der Waals surface area contributed by atoms with E-state index < -0.39 is 11.7 Å². The number of nitrogens with one attached hydrogen (secondary N) is 1. The lowest BCUT2D eigenvalue weighted by Gasteiger charge is -2.18. The first-order valence-corrected chi connectivity index (χ1v) is 11.6. The fourth-order valence-electron chi connectivity index (χ4n) is 4.61. The number of halogens is 3. The van der Waals surface area contributed by atoms with Crippen molar-refractivity contribution >= 4 is 17.4 Å². The second kappa shape index (κ2) is 9.27. The molecule has 3 N–H and O–H groups in total. The van der Waals surface area contributed by atoms with Gasteiger partial charge in [0.2, 0.25) is 5.91 Å². The maximum atomic E-state index is 13.0. The summed E-state index contributed by atoms with van der Waals surface area (Å²) < 4.78 is 45.1. The van der Waals surface area contributed by atoms with Crippen LogP contribution in [-0.2, 0) is 23.8 Å². The number of rotatable bonds is 5. The van der Waals surface area contributed by atoms with Gasteiger partial charge in [-0.2, -0.15) is 18.3 Å². The first-order chi connectivity index (χ1) is 17.6. The molecule has 1 aliphatic heterocycles. The molecule has 3 heterocycles. The van der Waals surface area contributed by atoms with Gasteiger partial charge in [-0.1, -0.05) is 18.2 Å². The van der Waals surface area contributed by atoms with E-state index in [1.54, 1.807) is 23.2 Å². The van der Waals surface area contributed by atoms with E-state index in [0.29, 0.717) is 35.7 Å². The molecule has 0 saturated carbocycles. The Morgan fingerprint density at radius 1 is 1.16 bits per heavy atom. The molecule has 0 spiro atoms. The van der Waals surface area contributed by atoms with Gasteiger partial charge in [0.15, 0.2) is 11.6 Å². The van der Waals surface area contributed by atoms with E-state index >= 15 is 0 Å². The van der Waals surface area contributed by atoms with Crippen LogP contribution in [0.4, 0.5) is 24.7 Å². The average molecular weight is 508 g/mol. The Balaban J connectivity index is 1.34. The average Bonchev–Trinajstić information content (AvgIpc) is 3.42. The summed E-state index contributed by atoms with van der Waals surface area (Å²) in [4.78, 5) is 18.8. The molecule has 0 fully saturated rings. The highest BCUT2D eigenvalue weighted by Crippen LogP contribution is 2.37. The van der Waals surface area contributed by atoms with Crippen molar-refractivity contribution in [2.24, 2.45) is 0 Å². The molecule has 0 aliphatic carbocycles. The summed E-state index contributed by atoms with van der Waals surface area (Å²) in [5.41, 5.74) is 10.7. The summed E-state index contributed by atoms with van der Waals surface area (Å²) in [7, 11) is 0. The highest BCUT2D eigenvalue weighted by atomic mass is 19.4. The summed E-state index contributed by atoms with van der Waals surface area (Å²) in [6.07, 6.45) is -2.31. The van der Waals surface area contributed by atoms with Crippen molar-refractivity contribution in [3.05, 3.63) is 82.8 Å². The van der Waals surface area contributed by atoms with Gasteiger partial charge in [-0.25, -0.2) is 4.98 Å². The van der Waals surface area contributed by atoms with Crippen molar-refractivity contribution in [3.8, 4) is 22.6 Å². The summed E-state index contributed by atoms with van der Waals surface area (Å²) in [6.45, 7) is 4.26. The van der Waals surface area contributed by atoms with Crippen LogP contribution in [0.3, 0.4) is 0 Å². The predicted molar refractivity (Wildman–Crippen MR) is 133 cm³/mol. The number of carbonyl (C=O) groups excluding carboxylic acids is 1. The number of aryl methyl sites for hydroxylation is 2. The third-order valence-electron chi connectivity index (χ3n) is 6.38. The number of anilines is 2. The van der Waals surface area contributed by atoms with Gasteiger partial charge in [-0.15, -0.1) is 0 Å². The second-order valence-corrected chi connectivity index (χ2v) is 8.98. The van der Waals surface area contributed by atoms with Gasteiger partial charge in [0.25, 0.3) is 0 Å². The second-order valence-electron chi connectivity index (χ2n) is 8.98. The van der Waals surface area contributed by atoms with Crippen LogP contribution in [0, 0.1) is 13.8 Å². The Hall–Kier alpha value is -4.34. The van der Waals surface area contributed by atoms with Crippen molar-refractivity contribution in [1.82, 2.24) is 15.2 Å². The SMILES string of the molecule is Cc1n[nH]c(C)c1-c1cnc(N)c(Oc2ccc3c(c2)CCN3C(=O)Cc2cccc(C(F)(F)F)c2)c1. The quantitative estimate of drug-likeness (QED) is 0.366. The zero-order valence-corrected chi connectivity index (χ0v) is 20.2. The Morgan fingerprint density at radius 2 is 1.97 bits per heavy atom. The van der Waals surface area contributed by atoms with E-state index in [4.69, 9.17) is 10.5 Å². The fraction of sp³-hybridized carbons (Fsp3) is 0.222. The van der Waals surface area contributed by atoms with Gasteiger partial charge in [-0.05, 0) is 61.7 Å². The molecule has 1 aliphatic rings. The highest BCUT2D eigenvalue weighted by molar-refractivity contribution is 5.96. The van der Waals surface area contributed by atoms with Crippen molar-refractivity contribution in [1.29, 1.82) is 0 Å². The Morgan fingerprint density at radius 3 is 2.70 bits per heavy atom. The number of alkyl halides is 3. The van der Waals surface area contributed by atoms with E-state index in [1.165, 1.54) is 12.1 Å². The highest BCUT2D eigenvalue weighted by Gasteiger charge is 2.31. The van der Waals surface area contributed by atoms with Crippen molar-refractivity contribution in [3.63, 3.8) is 0 Å². The third-order valence-corrected chi connectivity index (χ3v) is 6.38. The van der Waals surface area contributed by atoms with Crippen LogP contribution in [0.2, 0.25) is 0 Å². The number of fused-ring (bicyclic) bond motifs is 1. The van der Waals surface area contributed by atoms with E-state index in [9.17, 15) is 18.0 Å². The largest absolute Gasteiger partial charge is 0.453 e. The molecule has 1 amide bonds. The molecular weight excluding hydrogens is 483 g/mol. The number of carbonyl (C=O) groups is 1. The smallest absolute Gasteiger partial charge is 0.416 e. The topological polar surface area (TPSA) is 97.1 Å². The summed E-state index contributed by atoms with van der Waals surface area (Å²) in [5, 5.41) is 7.18. The molecule has 37 heavy (non-hydrogen) atoms. The molecule has 5 rings (SSSR count). The molecule has 4 aromatic rings. The van der Waals surface area contributed by atoms with Crippen LogP contribution in [0.1, 0.15) is 28.1 Å². The first-order valence-electron chi connectivity index (χ1n) is 11.6. The molecule has 0 radical (unpaired) electrons. The van der Waals surface area contributed by atoms with Gasteiger partial charge in [-0.3, -0.25) is 9.89 Å². The van der Waals surface area contributed by atoms with Crippen molar-refractivity contribution < 1.29 is 22.7 Å². The van der Waals surface area contributed by atoms with Crippen LogP contribution in [-0.4, -0.2) is 27.6 Å². The molecular formula is C27H24F3N5O2. The number of nitrogen functional groups attached to an aromatic ring is 1. The summed E-state index contributed by atoms with van der Waals surface area (Å²) >= 11 is 0. The zero-order chi connectivity index (χ0) is 26.3. The lowest BCUT2D eigenvalue weighted by molar-refractivity contribution is -0.137. The molecule has 7 nitrogen and oxygen atoms in total. The van der Waals surface area contributed by atoms with Gasteiger partial charge < -0.3 is 15.4 Å². The first kappa shape index (κ1) is 24.4. The number of hydrogen-bond donors (Lipinski definition) is 2. The standard InChI is InChI=1S/C27H24F3N5O2/c1-15-25(16(2)34-33-15)19-13-23(26(31)32-14-19)37-21-6-7-22-18(12-21)8-9-35(22)24(36)11-17-4-3-5-20(10-17)27(28,29)30/h3-7,10,12-14H,8-9,11H2,1-2H3,(H2,31,32)(H,33,34). The maximum Gasteiger partial charge on any atom is 0.416 e. The van der Waals surface area contributed by atoms with Gasteiger partial charge in [0, 0.05) is 35.2 Å². The number of benzene rings is 2. The van der Waals surface area contributed by atoms with Crippen LogP contribution >= 0.6 is 0 Å². The molecule has 0 saturated heterocycles. The van der Waals surface area contributed by atoms with Crippen molar-refractivity contribution in [2.45, 2.75) is 32.9 Å². The molecule has 10 heteroatoms. The Bertz CT molecular complexity index is 1480. The molecule has 190 valence electrons. The van der Waals surface area contributed by atoms with E-state index in [0.717, 1.165) is 40.2 Å². The third kappa shape index (κ3) is 4.87. The van der Waals surface area contributed by atoms with Crippen LogP contribution < -0.4 is 15.4 Å². The molecule has 0 unspecified atom stereocenters. The van der Waals surface area contributed by atoms with E-state index in [-0.39, 0.29) is 18.1 Å². The number of ether oxygens (including phenoxy) is 1. The maximum absolute atomic E-state index is 13.0. The molecule has 0 atom stereocenters. The number of H-pyrrole nitrogens is 1. The Kier molecular flexibility index (Phi) is 6.10. The number of aromatic amines is 1. The van der Waals surface area contributed by atoms with Crippen molar-refractivity contribution in [2.75, 3.05) is 17.2 Å². The number of pyridine rings is 1. The number of amides is 1. The molecule has 0 bridgehead atoms. The number of nitrogens with zero attached hydrogens (tertiary/aromatic N) is 3. The predicted octanol–water partition coefficient (Wildman–Crippen LogP) is 5.61. The number of aromatic nitrogens is 3. The normalized spacial score (nSPS) is 13.1. The van der Waals surface area contributed by atoms with E-state index in [1.807, 2.05) is 26.0 Å². The number of hydrogen-bond acceptors (Lipinski definition) is 5. The number of nitrogens with two attached hydrogens (primary N) is 1. The van der Waals surface area contributed by atoms with Crippen LogP contribution in [0.5, 0.6) is 11.5 Å². The van der Waals surface area contributed by atoms with Crippen LogP contribution in [0.15, 0.2) is 54.7 Å². The van der Waals surface area contributed by atoms with Gasteiger partial charge in [0.05, 0.1) is 17.7 Å². The summed E-state index contributed by atoms with van der Waals surface area (Å²) in [5.74, 6) is 0.907. The summed E-state index contributed by atoms with van der Waals surface area (Å²) in [6, 6.07) is 12.0. The fourth-order valence-corrected chi connectivity index (χ4v) is 4.61. The Labute approximate surface area is 211 Å².